The lowest BCUT2D eigenvalue weighted by Crippen LogP contribution is -3.07. The monoisotopic (exact) mass is 437 g/mol. The summed E-state index contributed by atoms with van der Waals surface area (Å²) in [4.78, 5) is 2.44. The first-order chi connectivity index (χ1) is 10.9. The Bertz CT molecular complexity index is 673. The quantitative estimate of drug-likeness (QED) is 0.688. The molecule has 1 aliphatic heterocycles. The summed E-state index contributed by atoms with van der Waals surface area (Å²) in [6.07, 6.45) is 5.11. The number of nitrogens with zero attached hydrogens (tertiary/aromatic N) is 2. The predicted octanol–water partition coefficient (Wildman–Crippen LogP) is 0.0973. The van der Waals surface area contributed by atoms with Gasteiger partial charge in [-0.25, -0.2) is 0 Å². The van der Waals surface area contributed by atoms with Crippen molar-refractivity contribution >= 4 is 28.3 Å². The molecule has 0 bridgehead atoms. The number of amidine groups is 1. The lowest BCUT2D eigenvalue weighted by Gasteiger charge is -2.27. The van der Waals surface area contributed by atoms with E-state index >= 15 is 0 Å². The van der Waals surface area contributed by atoms with Gasteiger partial charge in [0, 0.05) is 23.7 Å². The molecule has 0 amide bonds. The van der Waals surface area contributed by atoms with Crippen LogP contribution in [0.5, 0.6) is 0 Å². The Kier molecular flexibility index (Phi) is 5.28. The zero-order valence-electron chi connectivity index (χ0n) is 13.0. The molecule has 1 aliphatic carbocycles. The predicted molar refractivity (Wildman–Crippen MR) is 93.4 cm³/mol. The third-order valence-electron chi connectivity index (χ3n) is 4.34. The van der Waals surface area contributed by atoms with Crippen molar-refractivity contribution in [1.29, 1.82) is 0 Å². The number of hydrogen-bond acceptors (Lipinski definition) is 3. The fraction of sp³-hybridized carbons (Fsp3) is 0.278. The molecule has 4 rings (SSSR count). The average Bonchev–Trinajstić information content (AvgIpc) is 3.36. The maximum atomic E-state index is 5.00. The van der Waals surface area contributed by atoms with Gasteiger partial charge < -0.3 is 24.0 Å². The molecule has 2 aliphatic rings. The van der Waals surface area contributed by atoms with Gasteiger partial charge in [0.05, 0.1) is 0 Å². The van der Waals surface area contributed by atoms with Crippen molar-refractivity contribution in [2.75, 3.05) is 11.2 Å². The van der Waals surface area contributed by atoms with Crippen molar-refractivity contribution in [3.63, 3.8) is 0 Å². The third kappa shape index (κ3) is 3.27. The summed E-state index contributed by atoms with van der Waals surface area (Å²) in [5.74, 6) is 0.726. The molecule has 1 fully saturated rings. The van der Waals surface area contributed by atoms with Gasteiger partial charge in [0.15, 0.2) is 5.69 Å². The maximum Gasteiger partial charge on any atom is 0.228 e. The van der Waals surface area contributed by atoms with Crippen LogP contribution >= 0.6 is 11.8 Å². The van der Waals surface area contributed by atoms with E-state index in [2.05, 4.69) is 71.8 Å². The van der Waals surface area contributed by atoms with Crippen molar-refractivity contribution in [3.8, 4) is 0 Å². The summed E-state index contributed by atoms with van der Waals surface area (Å²) < 4.78 is 0. The number of halogens is 1. The molecule has 1 saturated carbocycles. The van der Waals surface area contributed by atoms with Gasteiger partial charge in [0.25, 0.3) is 0 Å². The van der Waals surface area contributed by atoms with E-state index in [0.29, 0.717) is 6.17 Å². The molecule has 1 N–H and O–H groups in total. The van der Waals surface area contributed by atoms with Crippen LogP contribution < -0.4 is 33.9 Å². The number of nitrogens with one attached hydrogen (secondary N) is 1. The minimum Gasteiger partial charge on any atom is -1.00 e. The number of benzene rings is 2. The molecule has 2 aromatic rings. The Labute approximate surface area is 158 Å². The summed E-state index contributed by atoms with van der Waals surface area (Å²) in [7, 11) is 0. The van der Waals surface area contributed by atoms with Gasteiger partial charge in [-0.3, -0.25) is 4.90 Å². The zero-order valence-corrected chi connectivity index (χ0v) is 16.0. The smallest absolute Gasteiger partial charge is 0.228 e. The fourth-order valence-corrected chi connectivity index (χ4v) is 3.76. The molecule has 5 heteroatoms. The zero-order chi connectivity index (χ0) is 14.9. The molecule has 23 heavy (non-hydrogen) atoms. The molecule has 0 radical (unpaired) electrons. The van der Waals surface area contributed by atoms with Crippen molar-refractivity contribution in [2.45, 2.75) is 19.0 Å². The molecule has 3 nitrogen and oxygen atoms in total. The maximum absolute atomic E-state index is 5.00. The molecule has 2 atom stereocenters. The Morgan fingerprint density at radius 1 is 1.00 bits per heavy atom. The average molecular weight is 437 g/mol. The third-order valence-corrected chi connectivity index (χ3v) is 4.99. The van der Waals surface area contributed by atoms with E-state index in [-0.39, 0.29) is 24.0 Å². The molecular weight excluding hydrogens is 417 g/mol. The second-order valence-electron chi connectivity index (χ2n) is 5.84. The first kappa shape index (κ1) is 16.8. The van der Waals surface area contributed by atoms with E-state index in [9.17, 15) is 0 Å². The Morgan fingerprint density at radius 3 is 2.17 bits per heavy atom. The molecule has 0 spiro atoms. The van der Waals surface area contributed by atoms with Crippen molar-refractivity contribution in [2.24, 2.45) is 11.0 Å². The van der Waals surface area contributed by atoms with Crippen LogP contribution in [0, 0.1) is 5.92 Å². The van der Waals surface area contributed by atoms with E-state index in [4.69, 9.17) is 5.10 Å². The lowest BCUT2D eigenvalue weighted by atomic mass is 10.2. The highest BCUT2D eigenvalue weighted by molar-refractivity contribution is 8.13. The van der Waals surface area contributed by atoms with Crippen LogP contribution in [0.3, 0.4) is 0 Å². The van der Waals surface area contributed by atoms with Gasteiger partial charge in [-0.05, 0) is 31.2 Å². The Morgan fingerprint density at radius 2 is 1.61 bits per heavy atom. The minimum atomic E-state index is 0. The van der Waals surface area contributed by atoms with Gasteiger partial charge >= 0.3 is 0 Å². The molecule has 2 unspecified atom stereocenters. The number of hydrogen-bond donors (Lipinski definition) is 1. The molecule has 0 saturated heterocycles. The van der Waals surface area contributed by atoms with Gasteiger partial charge in [-0.2, -0.15) is 5.01 Å². The molecule has 120 valence electrons. The van der Waals surface area contributed by atoms with Crippen LogP contribution in [0.4, 0.5) is 11.4 Å². The summed E-state index contributed by atoms with van der Waals surface area (Å²) >= 11 is 1.74. The van der Waals surface area contributed by atoms with Gasteiger partial charge in [0.1, 0.15) is 0 Å². The van der Waals surface area contributed by atoms with E-state index < -0.39 is 0 Å². The van der Waals surface area contributed by atoms with E-state index in [1.807, 2.05) is 0 Å². The molecule has 0 aromatic heterocycles. The van der Waals surface area contributed by atoms with Crippen LogP contribution in [-0.4, -0.2) is 17.6 Å². The summed E-state index contributed by atoms with van der Waals surface area (Å²) in [5.41, 5.74) is 2.50. The first-order valence-corrected chi connectivity index (χ1v) is 9.00. The minimum absolute atomic E-state index is 0. The lowest BCUT2D eigenvalue weighted by molar-refractivity contribution is -0.862. The largest absolute Gasteiger partial charge is 1.00 e. The Hall–Kier alpha value is -1.05. The van der Waals surface area contributed by atoms with Crippen LogP contribution in [-0.2, 0) is 0 Å². The highest BCUT2D eigenvalue weighted by Gasteiger charge is 2.49. The fourth-order valence-electron chi connectivity index (χ4n) is 3.16. The number of para-hydroxylation sites is 2. The number of quaternary nitrogens is 1. The van der Waals surface area contributed by atoms with Crippen molar-refractivity contribution in [3.05, 3.63) is 60.7 Å². The summed E-state index contributed by atoms with van der Waals surface area (Å²) in [5, 5.41) is 7.35. The Balaban J connectivity index is 0.00000156. The second-order valence-corrected chi connectivity index (χ2v) is 6.61. The van der Waals surface area contributed by atoms with Crippen LogP contribution in [0.15, 0.2) is 65.8 Å². The second kappa shape index (κ2) is 7.23. The normalized spacial score (nSPS) is 23.3. The van der Waals surface area contributed by atoms with Crippen molar-refractivity contribution < 1.29 is 29.0 Å². The van der Waals surface area contributed by atoms with Gasteiger partial charge in [0.2, 0.25) is 11.3 Å². The van der Waals surface area contributed by atoms with Crippen LogP contribution in [0.25, 0.3) is 0 Å². The molecule has 1 heterocycles. The van der Waals surface area contributed by atoms with E-state index in [1.165, 1.54) is 29.2 Å². The molecule has 2 aromatic carbocycles. The van der Waals surface area contributed by atoms with Gasteiger partial charge in [-0.15, -0.1) is 0 Å². The topological polar surface area (TPSA) is 20.0 Å². The summed E-state index contributed by atoms with van der Waals surface area (Å²) in [6, 6.07) is 21.3. The standard InChI is InChI=1S/C18H19N3S.HI/c1-22-18-19-21(16-10-6-3-7-11-16)17(14-12-13-14)20(18)15-8-4-2-5-9-15;/h2-11,14,17H,12-13H2,1H3;1H. The summed E-state index contributed by atoms with van der Waals surface area (Å²) in [6.45, 7) is 0. The number of thioether (sulfide) groups is 1. The van der Waals surface area contributed by atoms with Crippen LogP contribution in [0.2, 0.25) is 0 Å². The first-order valence-electron chi connectivity index (χ1n) is 7.77. The van der Waals surface area contributed by atoms with E-state index in [0.717, 1.165) is 11.1 Å². The van der Waals surface area contributed by atoms with E-state index in [1.54, 1.807) is 11.8 Å². The van der Waals surface area contributed by atoms with Crippen molar-refractivity contribution in [1.82, 2.24) is 0 Å². The highest BCUT2D eigenvalue weighted by Crippen LogP contribution is 2.37. The highest BCUT2D eigenvalue weighted by atomic mass is 127. The number of anilines is 1. The van der Waals surface area contributed by atoms with Crippen LogP contribution in [0.1, 0.15) is 12.8 Å². The van der Waals surface area contributed by atoms with Gasteiger partial charge in [-0.1, -0.05) is 53.3 Å². The SMILES string of the molecule is CSC1=N[NH+](c2ccccc2)C(C2CC2)N1c1ccccc1.[I-]. The number of rotatable bonds is 3. The molecular formula is C18H20IN3S.